The average Bonchev–Trinajstić information content (AvgIpc) is 3.43. The number of benzene rings is 1. The smallest absolute Gasteiger partial charge is 0.253 e. The van der Waals surface area contributed by atoms with Crippen LogP contribution in [0.2, 0.25) is 0 Å². The van der Waals surface area contributed by atoms with Gasteiger partial charge in [-0.05, 0) is 62.4 Å². The first kappa shape index (κ1) is 16.8. The van der Waals surface area contributed by atoms with Crippen molar-refractivity contribution >= 4 is 11.8 Å². The van der Waals surface area contributed by atoms with Crippen LogP contribution in [0.5, 0.6) is 0 Å². The van der Waals surface area contributed by atoms with Crippen LogP contribution in [0.25, 0.3) is 5.69 Å². The number of nitrogens with zero attached hydrogens (tertiary/aromatic N) is 3. The third-order valence-electron chi connectivity index (χ3n) is 5.17. The number of rotatable bonds is 4. The summed E-state index contributed by atoms with van der Waals surface area (Å²) in [7, 11) is 0. The van der Waals surface area contributed by atoms with Crippen molar-refractivity contribution in [1.82, 2.24) is 20.0 Å². The normalized spacial score (nSPS) is 18.0. The van der Waals surface area contributed by atoms with Gasteiger partial charge in [-0.3, -0.25) is 9.59 Å². The van der Waals surface area contributed by atoms with Gasteiger partial charge in [0, 0.05) is 36.8 Å². The number of piperidine rings is 1. The predicted molar refractivity (Wildman–Crippen MR) is 98.1 cm³/mol. The van der Waals surface area contributed by atoms with Crippen molar-refractivity contribution in [3.8, 4) is 5.69 Å². The number of aromatic nitrogens is 2. The summed E-state index contributed by atoms with van der Waals surface area (Å²) < 4.78 is 1.80. The fourth-order valence-corrected chi connectivity index (χ4v) is 3.38. The highest BCUT2D eigenvalue weighted by atomic mass is 16.2. The van der Waals surface area contributed by atoms with E-state index in [2.05, 4.69) is 10.4 Å². The molecule has 1 aromatic carbocycles. The Kier molecular flexibility index (Phi) is 4.49. The summed E-state index contributed by atoms with van der Waals surface area (Å²) in [4.78, 5) is 26.5. The molecule has 6 nitrogen and oxygen atoms in total. The Balaban J connectivity index is 1.33. The summed E-state index contributed by atoms with van der Waals surface area (Å²) in [6.07, 6.45) is 7.47. The third-order valence-corrected chi connectivity index (χ3v) is 5.17. The fraction of sp³-hybridized carbons (Fsp3) is 0.450. The van der Waals surface area contributed by atoms with Crippen LogP contribution >= 0.6 is 0 Å². The molecule has 1 N–H and O–H groups in total. The summed E-state index contributed by atoms with van der Waals surface area (Å²) in [5.74, 6) is 0.492. The average molecular weight is 352 g/mol. The Hall–Kier alpha value is -2.63. The lowest BCUT2D eigenvalue weighted by atomic mass is 10.0. The van der Waals surface area contributed by atoms with Crippen LogP contribution in [0, 0.1) is 12.8 Å². The minimum atomic E-state index is 0.0557. The van der Waals surface area contributed by atoms with Crippen LogP contribution in [0.3, 0.4) is 0 Å². The molecule has 6 heteroatoms. The number of aryl methyl sites for hydroxylation is 1. The zero-order valence-electron chi connectivity index (χ0n) is 15.0. The summed E-state index contributed by atoms with van der Waals surface area (Å²) in [6.45, 7) is 3.38. The highest BCUT2D eigenvalue weighted by Crippen LogP contribution is 2.29. The highest BCUT2D eigenvalue weighted by molar-refractivity contribution is 5.94. The van der Waals surface area contributed by atoms with Gasteiger partial charge < -0.3 is 10.2 Å². The fourth-order valence-electron chi connectivity index (χ4n) is 3.38. The van der Waals surface area contributed by atoms with Gasteiger partial charge in [-0.25, -0.2) is 4.68 Å². The summed E-state index contributed by atoms with van der Waals surface area (Å²) >= 11 is 0. The molecule has 4 rings (SSSR count). The van der Waals surface area contributed by atoms with Crippen molar-refractivity contribution in [2.24, 2.45) is 5.92 Å². The maximum atomic E-state index is 12.7. The van der Waals surface area contributed by atoms with Gasteiger partial charge in [0.2, 0.25) is 5.91 Å². The van der Waals surface area contributed by atoms with Gasteiger partial charge in [0.25, 0.3) is 5.91 Å². The van der Waals surface area contributed by atoms with Gasteiger partial charge in [-0.1, -0.05) is 0 Å². The largest absolute Gasteiger partial charge is 0.353 e. The lowest BCUT2D eigenvalue weighted by Gasteiger charge is -2.32. The van der Waals surface area contributed by atoms with E-state index in [1.165, 1.54) is 0 Å². The van der Waals surface area contributed by atoms with Gasteiger partial charge in [-0.15, -0.1) is 0 Å². The first-order valence-corrected chi connectivity index (χ1v) is 9.31. The van der Waals surface area contributed by atoms with Crippen LogP contribution in [-0.4, -0.2) is 45.6 Å². The van der Waals surface area contributed by atoms with E-state index >= 15 is 0 Å². The second-order valence-corrected chi connectivity index (χ2v) is 7.36. The van der Waals surface area contributed by atoms with E-state index in [1.54, 1.807) is 4.68 Å². The number of hydrogen-bond acceptors (Lipinski definition) is 3. The molecule has 136 valence electrons. The van der Waals surface area contributed by atoms with E-state index in [4.69, 9.17) is 0 Å². The summed E-state index contributed by atoms with van der Waals surface area (Å²) in [6, 6.07) is 7.76. The second kappa shape index (κ2) is 6.94. The minimum Gasteiger partial charge on any atom is -0.353 e. The van der Waals surface area contributed by atoms with E-state index in [1.807, 2.05) is 48.5 Å². The molecule has 2 amide bonds. The molecule has 2 heterocycles. The van der Waals surface area contributed by atoms with Gasteiger partial charge >= 0.3 is 0 Å². The molecule has 1 aromatic heterocycles. The molecule has 0 spiro atoms. The Morgan fingerprint density at radius 1 is 1.08 bits per heavy atom. The lowest BCUT2D eigenvalue weighted by molar-refractivity contribution is -0.123. The first-order chi connectivity index (χ1) is 12.6. The molecular weight excluding hydrogens is 328 g/mol. The number of hydrogen-bond donors (Lipinski definition) is 1. The zero-order chi connectivity index (χ0) is 18.1. The predicted octanol–water partition coefficient (Wildman–Crippen LogP) is 2.31. The number of nitrogens with one attached hydrogen (secondary N) is 1. The van der Waals surface area contributed by atoms with Crippen LogP contribution in [-0.2, 0) is 4.79 Å². The number of likely N-dealkylation sites (tertiary alicyclic amines) is 1. The maximum absolute atomic E-state index is 12.7. The molecule has 0 bridgehead atoms. The van der Waals surface area contributed by atoms with Gasteiger partial charge in [0.05, 0.1) is 11.9 Å². The van der Waals surface area contributed by atoms with Gasteiger partial charge in [0.1, 0.15) is 0 Å². The van der Waals surface area contributed by atoms with Crippen LogP contribution < -0.4 is 5.32 Å². The highest BCUT2D eigenvalue weighted by Gasteiger charge is 2.32. The molecule has 1 saturated heterocycles. The zero-order valence-corrected chi connectivity index (χ0v) is 15.0. The van der Waals surface area contributed by atoms with E-state index in [0.29, 0.717) is 18.7 Å². The first-order valence-electron chi connectivity index (χ1n) is 9.31. The van der Waals surface area contributed by atoms with E-state index in [0.717, 1.165) is 36.9 Å². The SMILES string of the molecule is Cc1cnn(-c2ccc(C(=O)N3CCC(NC(=O)C4CC4)CC3)cc2)c1. The summed E-state index contributed by atoms with van der Waals surface area (Å²) in [5.41, 5.74) is 2.73. The molecule has 2 aromatic rings. The molecule has 26 heavy (non-hydrogen) atoms. The third kappa shape index (κ3) is 3.64. The maximum Gasteiger partial charge on any atom is 0.253 e. The van der Waals surface area contributed by atoms with E-state index < -0.39 is 0 Å². The van der Waals surface area contributed by atoms with Gasteiger partial charge in [-0.2, -0.15) is 5.10 Å². The molecule has 2 aliphatic rings. The Morgan fingerprint density at radius 3 is 2.35 bits per heavy atom. The molecule has 0 atom stereocenters. The standard InChI is InChI=1S/C20H24N4O2/c1-14-12-21-24(13-14)18-6-4-16(5-7-18)20(26)23-10-8-17(9-11-23)22-19(25)15-2-3-15/h4-7,12-13,15,17H,2-3,8-11H2,1H3,(H,22,25). The molecule has 2 fully saturated rings. The lowest BCUT2D eigenvalue weighted by Crippen LogP contribution is -2.46. The topological polar surface area (TPSA) is 67.2 Å². The Labute approximate surface area is 153 Å². The van der Waals surface area contributed by atoms with Crippen LogP contribution in [0.1, 0.15) is 41.6 Å². The van der Waals surface area contributed by atoms with Crippen molar-refractivity contribution < 1.29 is 9.59 Å². The number of amides is 2. The monoisotopic (exact) mass is 352 g/mol. The second-order valence-electron chi connectivity index (χ2n) is 7.36. The molecule has 1 aliphatic heterocycles. The van der Waals surface area contributed by atoms with E-state index in [9.17, 15) is 9.59 Å². The van der Waals surface area contributed by atoms with Crippen molar-refractivity contribution in [3.63, 3.8) is 0 Å². The van der Waals surface area contributed by atoms with Crippen LogP contribution in [0.15, 0.2) is 36.7 Å². The van der Waals surface area contributed by atoms with Crippen molar-refractivity contribution in [2.45, 2.75) is 38.6 Å². The molecule has 1 aliphatic carbocycles. The van der Waals surface area contributed by atoms with E-state index in [-0.39, 0.29) is 23.8 Å². The Bertz CT molecular complexity index is 799. The van der Waals surface area contributed by atoms with Gasteiger partial charge in [0.15, 0.2) is 0 Å². The molecule has 1 saturated carbocycles. The molecule has 0 radical (unpaired) electrons. The number of carbonyl (C=O) groups is 2. The molecular formula is C20H24N4O2. The molecule has 0 unspecified atom stereocenters. The Morgan fingerprint density at radius 2 is 1.77 bits per heavy atom. The summed E-state index contributed by atoms with van der Waals surface area (Å²) in [5, 5.41) is 7.41. The van der Waals surface area contributed by atoms with Crippen molar-refractivity contribution in [1.29, 1.82) is 0 Å². The number of carbonyl (C=O) groups excluding carboxylic acids is 2. The van der Waals surface area contributed by atoms with Crippen LogP contribution in [0.4, 0.5) is 0 Å². The quantitative estimate of drug-likeness (QED) is 0.918. The minimum absolute atomic E-state index is 0.0557. The van der Waals surface area contributed by atoms with Crippen molar-refractivity contribution in [3.05, 3.63) is 47.8 Å². The van der Waals surface area contributed by atoms with Crippen molar-refractivity contribution in [2.75, 3.05) is 13.1 Å².